The summed E-state index contributed by atoms with van der Waals surface area (Å²) >= 11 is 0. The summed E-state index contributed by atoms with van der Waals surface area (Å²) in [5.41, 5.74) is 1.13. The number of ketones is 1. The summed E-state index contributed by atoms with van der Waals surface area (Å²) in [5, 5.41) is 3.01. The van der Waals surface area contributed by atoms with Gasteiger partial charge in [0.25, 0.3) is 0 Å². The van der Waals surface area contributed by atoms with Crippen LogP contribution in [0.15, 0.2) is 18.3 Å². The van der Waals surface area contributed by atoms with Crippen LogP contribution < -0.4 is 10.2 Å². The van der Waals surface area contributed by atoms with Crippen molar-refractivity contribution in [2.24, 2.45) is 0 Å². The lowest BCUT2D eigenvalue weighted by Gasteiger charge is -2.15. The summed E-state index contributed by atoms with van der Waals surface area (Å²) in [7, 11) is 1.81. The fraction of sp³-hybridized carbons (Fsp3) is 0.455. The fourth-order valence-electron chi connectivity index (χ4n) is 1.76. The molecule has 1 aromatic rings. The average Bonchev–Trinajstić information content (AvgIpc) is 2.61. The van der Waals surface area contributed by atoms with E-state index in [1.54, 1.807) is 0 Å². The molecule has 0 radical (unpaired) electrons. The average molecular weight is 205 g/mol. The van der Waals surface area contributed by atoms with Gasteiger partial charge in [-0.15, -0.1) is 0 Å². The first-order chi connectivity index (χ1) is 7.20. The van der Waals surface area contributed by atoms with Crippen molar-refractivity contribution in [1.29, 1.82) is 0 Å². The molecule has 4 heteroatoms. The number of Topliss-reactive ketones (excluding diaryl/α,β-unsaturated/α-hetero) is 1. The van der Waals surface area contributed by atoms with Gasteiger partial charge in [0.2, 0.25) is 0 Å². The molecule has 0 bridgehead atoms. The van der Waals surface area contributed by atoms with Crippen LogP contribution in [-0.4, -0.2) is 36.9 Å². The first-order valence-electron chi connectivity index (χ1n) is 5.08. The van der Waals surface area contributed by atoms with Crippen molar-refractivity contribution in [3.05, 3.63) is 23.9 Å². The monoisotopic (exact) mass is 205 g/mol. The van der Waals surface area contributed by atoms with Gasteiger partial charge in [-0.25, -0.2) is 4.98 Å². The van der Waals surface area contributed by atoms with E-state index in [4.69, 9.17) is 0 Å². The largest absolute Gasteiger partial charge is 0.347 e. The third kappa shape index (κ3) is 1.99. The van der Waals surface area contributed by atoms with Crippen LogP contribution in [0.4, 0.5) is 5.82 Å². The van der Waals surface area contributed by atoms with E-state index in [2.05, 4.69) is 10.3 Å². The van der Waals surface area contributed by atoms with E-state index in [9.17, 15) is 4.79 Å². The lowest BCUT2D eigenvalue weighted by atomic mass is 10.2. The molecule has 1 aromatic heterocycles. The number of carbonyl (C=O) groups is 1. The number of likely N-dealkylation sites (N-methyl/N-ethyl adjacent to an activating group) is 1. The first-order valence-corrected chi connectivity index (χ1v) is 5.08. The number of aromatic nitrogens is 1. The standard InChI is InChI=1S/C11H15N3O/c1-8-3-4-11(13-5-8)14-6-9(12-2)10(15)7-14/h3-5,9,12H,6-7H2,1-2H3. The molecule has 0 saturated carbocycles. The second-order valence-corrected chi connectivity index (χ2v) is 3.88. The van der Waals surface area contributed by atoms with Gasteiger partial charge in [0.15, 0.2) is 5.78 Å². The van der Waals surface area contributed by atoms with Gasteiger partial charge in [0.05, 0.1) is 12.6 Å². The molecule has 2 rings (SSSR count). The summed E-state index contributed by atoms with van der Waals surface area (Å²) in [6, 6.07) is 3.92. The summed E-state index contributed by atoms with van der Waals surface area (Å²) in [5.74, 6) is 1.12. The highest BCUT2D eigenvalue weighted by Crippen LogP contribution is 2.15. The Labute approximate surface area is 89.3 Å². The highest BCUT2D eigenvalue weighted by Gasteiger charge is 2.29. The van der Waals surface area contributed by atoms with E-state index in [0.717, 1.165) is 11.4 Å². The minimum Gasteiger partial charge on any atom is -0.347 e. The molecule has 0 aromatic carbocycles. The molecule has 0 spiro atoms. The number of nitrogens with zero attached hydrogens (tertiary/aromatic N) is 2. The molecule has 1 N–H and O–H groups in total. The Balaban J connectivity index is 2.13. The summed E-state index contributed by atoms with van der Waals surface area (Å²) < 4.78 is 0. The van der Waals surface area contributed by atoms with Crippen LogP contribution >= 0.6 is 0 Å². The predicted octanol–water partition coefficient (Wildman–Crippen LogP) is 0.367. The van der Waals surface area contributed by atoms with Crippen molar-refractivity contribution in [3.8, 4) is 0 Å². The van der Waals surface area contributed by atoms with Crippen LogP contribution in [0.5, 0.6) is 0 Å². The Morgan fingerprint density at radius 1 is 1.53 bits per heavy atom. The van der Waals surface area contributed by atoms with Crippen molar-refractivity contribution < 1.29 is 4.79 Å². The van der Waals surface area contributed by atoms with Crippen LogP contribution in [0.1, 0.15) is 5.56 Å². The molecule has 1 aliphatic heterocycles. The van der Waals surface area contributed by atoms with Crippen molar-refractivity contribution in [1.82, 2.24) is 10.3 Å². The number of anilines is 1. The highest BCUT2D eigenvalue weighted by atomic mass is 16.1. The smallest absolute Gasteiger partial charge is 0.170 e. The second-order valence-electron chi connectivity index (χ2n) is 3.88. The summed E-state index contributed by atoms with van der Waals surface area (Å²) in [6.07, 6.45) is 1.83. The Kier molecular flexibility index (Phi) is 2.68. The minimum absolute atomic E-state index is 0.0481. The molecule has 1 fully saturated rings. The maximum absolute atomic E-state index is 11.5. The number of nitrogens with one attached hydrogen (secondary N) is 1. The SMILES string of the molecule is CNC1CN(c2ccc(C)cn2)CC1=O. The zero-order valence-corrected chi connectivity index (χ0v) is 9.03. The van der Waals surface area contributed by atoms with Gasteiger partial charge < -0.3 is 10.2 Å². The number of pyridine rings is 1. The number of carbonyl (C=O) groups excluding carboxylic acids is 1. The quantitative estimate of drug-likeness (QED) is 0.757. The second kappa shape index (κ2) is 3.98. The van der Waals surface area contributed by atoms with E-state index in [1.165, 1.54) is 0 Å². The van der Waals surface area contributed by atoms with E-state index in [-0.39, 0.29) is 11.8 Å². The lowest BCUT2D eigenvalue weighted by molar-refractivity contribution is -0.117. The predicted molar refractivity (Wildman–Crippen MR) is 59.0 cm³/mol. The summed E-state index contributed by atoms with van der Waals surface area (Å²) in [6.45, 7) is 3.18. The van der Waals surface area contributed by atoms with E-state index >= 15 is 0 Å². The van der Waals surface area contributed by atoms with E-state index in [1.807, 2.05) is 37.2 Å². The van der Waals surface area contributed by atoms with Crippen molar-refractivity contribution >= 4 is 11.6 Å². The van der Waals surface area contributed by atoms with Crippen molar-refractivity contribution in [3.63, 3.8) is 0 Å². The number of hydrogen-bond acceptors (Lipinski definition) is 4. The molecule has 0 aliphatic carbocycles. The molecule has 0 amide bonds. The molecular weight excluding hydrogens is 190 g/mol. The van der Waals surface area contributed by atoms with E-state index in [0.29, 0.717) is 13.1 Å². The Hall–Kier alpha value is -1.42. The topological polar surface area (TPSA) is 45.2 Å². The summed E-state index contributed by atoms with van der Waals surface area (Å²) in [4.78, 5) is 17.8. The van der Waals surface area contributed by atoms with Crippen LogP contribution in [0.3, 0.4) is 0 Å². The lowest BCUT2D eigenvalue weighted by Crippen LogP contribution is -2.33. The van der Waals surface area contributed by atoms with Crippen LogP contribution in [0.25, 0.3) is 0 Å². The van der Waals surface area contributed by atoms with E-state index < -0.39 is 0 Å². The number of rotatable bonds is 2. The van der Waals surface area contributed by atoms with Crippen LogP contribution in [0, 0.1) is 6.92 Å². The molecule has 80 valence electrons. The van der Waals surface area contributed by atoms with Gasteiger partial charge in [-0.05, 0) is 25.6 Å². The fourth-order valence-corrected chi connectivity index (χ4v) is 1.76. The zero-order chi connectivity index (χ0) is 10.8. The Bertz CT molecular complexity index is 361. The van der Waals surface area contributed by atoms with Gasteiger partial charge in [0.1, 0.15) is 5.82 Å². The molecule has 1 saturated heterocycles. The van der Waals surface area contributed by atoms with Gasteiger partial charge in [-0.2, -0.15) is 0 Å². The van der Waals surface area contributed by atoms with Crippen LogP contribution in [-0.2, 0) is 4.79 Å². The van der Waals surface area contributed by atoms with Gasteiger partial charge in [-0.1, -0.05) is 6.07 Å². The minimum atomic E-state index is -0.0481. The number of aryl methyl sites for hydroxylation is 1. The molecular formula is C11H15N3O. The molecule has 1 aliphatic rings. The van der Waals surface area contributed by atoms with Gasteiger partial charge in [-0.3, -0.25) is 4.79 Å². The first kappa shape index (κ1) is 10.1. The third-order valence-corrected chi connectivity index (χ3v) is 2.71. The normalized spacial score (nSPS) is 21.1. The van der Waals surface area contributed by atoms with Crippen LogP contribution in [0.2, 0.25) is 0 Å². The van der Waals surface area contributed by atoms with Crippen molar-refractivity contribution in [2.45, 2.75) is 13.0 Å². The molecule has 4 nitrogen and oxygen atoms in total. The molecule has 2 heterocycles. The maximum atomic E-state index is 11.5. The maximum Gasteiger partial charge on any atom is 0.170 e. The molecule has 15 heavy (non-hydrogen) atoms. The zero-order valence-electron chi connectivity index (χ0n) is 9.03. The Morgan fingerprint density at radius 3 is 2.87 bits per heavy atom. The van der Waals surface area contributed by atoms with Gasteiger partial charge in [0, 0.05) is 12.7 Å². The molecule has 1 atom stereocenters. The third-order valence-electron chi connectivity index (χ3n) is 2.71. The van der Waals surface area contributed by atoms with Gasteiger partial charge >= 0.3 is 0 Å². The van der Waals surface area contributed by atoms with Crippen molar-refractivity contribution in [2.75, 3.05) is 25.0 Å². The highest BCUT2D eigenvalue weighted by molar-refractivity contribution is 5.92. The Morgan fingerprint density at radius 2 is 2.33 bits per heavy atom. The molecule has 1 unspecified atom stereocenters. The number of hydrogen-bond donors (Lipinski definition) is 1.